The van der Waals surface area contributed by atoms with Crippen molar-refractivity contribution >= 4 is 17.7 Å². The largest absolute Gasteiger partial charge is 0.480 e. The summed E-state index contributed by atoms with van der Waals surface area (Å²) in [6, 6.07) is 6.37. The second-order valence-corrected chi connectivity index (χ2v) is 5.85. The first-order valence-electron chi connectivity index (χ1n) is 6.91. The van der Waals surface area contributed by atoms with Crippen molar-refractivity contribution < 1.29 is 14.3 Å². The first-order chi connectivity index (χ1) is 9.54. The Bertz CT molecular complexity index is 424. The van der Waals surface area contributed by atoms with Gasteiger partial charge in [-0.1, -0.05) is 13.8 Å². The summed E-state index contributed by atoms with van der Waals surface area (Å²) in [5, 5.41) is 12.5. The van der Waals surface area contributed by atoms with Crippen LogP contribution in [-0.2, 0) is 4.79 Å². The third-order valence-electron chi connectivity index (χ3n) is 3.36. The van der Waals surface area contributed by atoms with Crippen LogP contribution in [0, 0.1) is 5.82 Å². The highest BCUT2D eigenvalue weighted by Gasteiger charge is 2.34. The van der Waals surface area contributed by atoms with Crippen LogP contribution in [0.25, 0.3) is 0 Å². The lowest BCUT2D eigenvalue weighted by Crippen LogP contribution is -2.51. The number of nitrogens with one attached hydrogen (secondary N) is 1. The number of thioether (sulfide) groups is 1. The highest BCUT2D eigenvalue weighted by Crippen LogP contribution is 2.23. The number of aliphatic carboxylic acids is 1. The van der Waals surface area contributed by atoms with Gasteiger partial charge in [-0.3, -0.25) is 4.79 Å². The van der Waals surface area contributed by atoms with Crippen LogP contribution in [0.1, 0.15) is 33.1 Å². The van der Waals surface area contributed by atoms with Gasteiger partial charge in [0.05, 0.1) is 0 Å². The molecule has 1 rings (SSSR count). The average Bonchev–Trinajstić information content (AvgIpc) is 2.44. The molecule has 0 saturated heterocycles. The molecular formula is C15H22FNO2S. The second kappa shape index (κ2) is 8.27. The number of likely N-dealkylation sites (N-methyl/N-ethyl adjacent to an activating group) is 1. The molecule has 0 saturated carbocycles. The Morgan fingerprint density at radius 3 is 2.50 bits per heavy atom. The summed E-state index contributed by atoms with van der Waals surface area (Å²) >= 11 is 1.62. The van der Waals surface area contributed by atoms with Gasteiger partial charge in [0.25, 0.3) is 0 Å². The van der Waals surface area contributed by atoms with E-state index in [9.17, 15) is 14.3 Å². The molecule has 5 heteroatoms. The summed E-state index contributed by atoms with van der Waals surface area (Å²) in [7, 11) is 0. The number of carboxylic acid groups (broad SMARTS) is 1. The topological polar surface area (TPSA) is 49.3 Å². The molecule has 2 N–H and O–H groups in total. The van der Waals surface area contributed by atoms with Gasteiger partial charge in [0.1, 0.15) is 11.4 Å². The number of hydrogen-bond acceptors (Lipinski definition) is 3. The quantitative estimate of drug-likeness (QED) is 0.541. The molecule has 0 radical (unpaired) electrons. The zero-order valence-corrected chi connectivity index (χ0v) is 12.8. The number of rotatable bonds is 9. The van der Waals surface area contributed by atoms with Crippen LogP contribution in [0.4, 0.5) is 4.39 Å². The predicted octanol–water partition coefficient (Wildman–Crippen LogP) is 3.54. The zero-order chi connectivity index (χ0) is 15.0. The molecule has 0 spiro atoms. The molecule has 20 heavy (non-hydrogen) atoms. The number of carboxylic acids is 1. The van der Waals surface area contributed by atoms with Crippen LogP contribution in [0.2, 0.25) is 0 Å². The fourth-order valence-electron chi connectivity index (χ4n) is 2.16. The van der Waals surface area contributed by atoms with E-state index in [2.05, 4.69) is 5.32 Å². The Morgan fingerprint density at radius 2 is 2.00 bits per heavy atom. The molecule has 1 aromatic carbocycles. The molecule has 0 aliphatic heterocycles. The van der Waals surface area contributed by atoms with E-state index in [0.29, 0.717) is 19.4 Å². The van der Waals surface area contributed by atoms with Crippen molar-refractivity contribution in [1.82, 2.24) is 5.32 Å². The summed E-state index contributed by atoms with van der Waals surface area (Å²) < 4.78 is 12.8. The van der Waals surface area contributed by atoms with Gasteiger partial charge in [0, 0.05) is 4.90 Å². The normalized spacial score (nSPS) is 13.9. The van der Waals surface area contributed by atoms with E-state index in [1.165, 1.54) is 12.1 Å². The van der Waals surface area contributed by atoms with Crippen LogP contribution >= 0.6 is 11.8 Å². The lowest BCUT2D eigenvalue weighted by Gasteiger charge is -2.29. The summed E-state index contributed by atoms with van der Waals surface area (Å²) in [5.41, 5.74) is -0.821. The zero-order valence-electron chi connectivity index (χ0n) is 12.0. The van der Waals surface area contributed by atoms with E-state index in [1.54, 1.807) is 23.9 Å². The SMILES string of the molecule is CCNC(CC)(CCCSc1ccc(F)cc1)C(=O)O. The molecule has 0 aromatic heterocycles. The summed E-state index contributed by atoms with van der Waals surface area (Å²) in [4.78, 5) is 12.4. The lowest BCUT2D eigenvalue weighted by molar-refractivity contribution is -0.145. The van der Waals surface area contributed by atoms with Gasteiger partial charge < -0.3 is 10.4 Å². The maximum atomic E-state index is 12.8. The van der Waals surface area contributed by atoms with Crippen molar-refractivity contribution in [2.24, 2.45) is 0 Å². The van der Waals surface area contributed by atoms with E-state index < -0.39 is 11.5 Å². The molecule has 0 bridgehead atoms. The van der Waals surface area contributed by atoms with Crippen LogP contribution in [-0.4, -0.2) is 28.9 Å². The van der Waals surface area contributed by atoms with E-state index in [0.717, 1.165) is 17.1 Å². The van der Waals surface area contributed by atoms with Gasteiger partial charge in [-0.05, 0) is 55.8 Å². The second-order valence-electron chi connectivity index (χ2n) is 4.68. The minimum Gasteiger partial charge on any atom is -0.480 e. The average molecular weight is 299 g/mol. The Morgan fingerprint density at radius 1 is 1.35 bits per heavy atom. The molecule has 3 nitrogen and oxygen atoms in total. The summed E-state index contributed by atoms with van der Waals surface area (Å²) in [6.45, 7) is 4.45. The minimum absolute atomic E-state index is 0.239. The summed E-state index contributed by atoms with van der Waals surface area (Å²) in [6.07, 6.45) is 1.97. The van der Waals surface area contributed by atoms with E-state index in [4.69, 9.17) is 0 Å². The fraction of sp³-hybridized carbons (Fsp3) is 0.533. The van der Waals surface area contributed by atoms with Gasteiger partial charge in [0.2, 0.25) is 0 Å². The molecule has 0 fully saturated rings. The van der Waals surface area contributed by atoms with E-state index >= 15 is 0 Å². The maximum Gasteiger partial charge on any atom is 0.323 e. The lowest BCUT2D eigenvalue weighted by atomic mass is 9.91. The first-order valence-corrected chi connectivity index (χ1v) is 7.89. The Kier molecular flexibility index (Phi) is 7.02. The Labute approximate surface area is 124 Å². The highest BCUT2D eigenvalue weighted by atomic mass is 32.2. The molecule has 1 atom stereocenters. The molecule has 0 amide bonds. The maximum absolute atomic E-state index is 12.8. The third kappa shape index (κ3) is 4.80. The van der Waals surface area contributed by atoms with Crippen LogP contribution in [0.15, 0.2) is 29.2 Å². The fourth-order valence-corrected chi connectivity index (χ4v) is 3.01. The molecule has 112 valence electrons. The standard InChI is InChI=1S/C15H22FNO2S/c1-3-15(14(18)19,17-4-2)10-5-11-20-13-8-6-12(16)7-9-13/h6-9,17H,3-5,10-11H2,1-2H3,(H,18,19). The molecule has 0 aliphatic carbocycles. The minimum atomic E-state index is -0.821. The van der Waals surface area contributed by atoms with Gasteiger partial charge in [-0.25, -0.2) is 4.39 Å². The third-order valence-corrected chi connectivity index (χ3v) is 4.46. The van der Waals surface area contributed by atoms with Crippen molar-refractivity contribution in [3.63, 3.8) is 0 Å². The number of benzene rings is 1. The van der Waals surface area contributed by atoms with Crippen molar-refractivity contribution in [3.8, 4) is 0 Å². The predicted molar refractivity (Wildman–Crippen MR) is 80.7 cm³/mol. The van der Waals surface area contributed by atoms with Crippen molar-refractivity contribution in [1.29, 1.82) is 0 Å². The van der Waals surface area contributed by atoms with Gasteiger partial charge in [-0.15, -0.1) is 11.8 Å². The molecule has 1 aromatic rings. The molecule has 1 unspecified atom stereocenters. The van der Waals surface area contributed by atoms with Crippen molar-refractivity contribution in [2.45, 2.75) is 43.5 Å². The van der Waals surface area contributed by atoms with Crippen LogP contribution in [0.3, 0.4) is 0 Å². The monoisotopic (exact) mass is 299 g/mol. The van der Waals surface area contributed by atoms with Gasteiger partial charge in [-0.2, -0.15) is 0 Å². The molecule has 0 heterocycles. The van der Waals surface area contributed by atoms with Gasteiger partial charge >= 0.3 is 5.97 Å². The molecular weight excluding hydrogens is 277 g/mol. The van der Waals surface area contributed by atoms with Crippen molar-refractivity contribution in [3.05, 3.63) is 30.1 Å². The number of halogens is 1. The Balaban J connectivity index is 2.44. The first kappa shape index (κ1) is 17.0. The number of carbonyl (C=O) groups is 1. The molecule has 0 aliphatic rings. The highest BCUT2D eigenvalue weighted by molar-refractivity contribution is 7.99. The number of hydrogen-bond donors (Lipinski definition) is 2. The summed E-state index contributed by atoms with van der Waals surface area (Å²) in [5.74, 6) is -0.197. The smallest absolute Gasteiger partial charge is 0.323 e. The van der Waals surface area contributed by atoms with Crippen molar-refractivity contribution in [2.75, 3.05) is 12.3 Å². The Hall–Kier alpha value is -1.07. The van der Waals surface area contributed by atoms with E-state index in [1.807, 2.05) is 13.8 Å². The van der Waals surface area contributed by atoms with Gasteiger partial charge in [0.15, 0.2) is 0 Å². The van der Waals surface area contributed by atoms with E-state index in [-0.39, 0.29) is 5.82 Å². The van der Waals surface area contributed by atoms with Crippen LogP contribution in [0.5, 0.6) is 0 Å². The van der Waals surface area contributed by atoms with Crippen LogP contribution < -0.4 is 5.32 Å².